The molecule has 0 amide bonds. The molecule has 220 valence electrons. The minimum atomic E-state index is 0.864. The van der Waals surface area contributed by atoms with Crippen LogP contribution >= 0.6 is 0 Å². The number of para-hydroxylation sites is 6. The van der Waals surface area contributed by atoms with Gasteiger partial charge in [-0.1, -0.05) is 97.1 Å². The summed E-state index contributed by atoms with van der Waals surface area (Å²) in [5, 5.41) is 9.24. The van der Waals surface area contributed by atoms with E-state index in [1.54, 1.807) is 0 Å². The molecule has 4 nitrogen and oxygen atoms in total. The monoisotopic (exact) mass is 602 g/mol. The molecule has 11 aromatic rings. The van der Waals surface area contributed by atoms with Crippen LogP contribution in [0.15, 0.2) is 148 Å². The van der Waals surface area contributed by atoms with Crippen molar-refractivity contribution in [1.82, 2.24) is 9.13 Å². The topological polar surface area (TPSA) is 36.1 Å². The van der Waals surface area contributed by atoms with Crippen LogP contribution in [-0.2, 0) is 0 Å². The molecule has 0 spiro atoms. The van der Waals surface area contributed by atoms with Crippen LogP contribution in [0.1, 0.15) is 5.56 Å². The van der Waals surface area contributed by atoms with E-state index in [0.29, 0.717) is 0 Å². The lowest BCUT2D eigenvalue weighted by molar-refractivity contribution is 0.659. The fraction of sp³-hybridized carbons (Fsp3) is 0.0233. The van der Waals surface area contributed by atoms with Crippen LogP contribution in [0.3, 0.4) is 0 Å². The maximum atomic E-state index is 6.91. The Morgan fingerprint density at radius 1 is 0.383 bits per heavy atom. The number of furan rings is 2. The minimum Gasteiger partial charge on any atom is -0.454 e. The second-order valence-electron chi connectivity index (χ2n) is 12.5. The maximum absolute atomic E-state index is 6.91. The molecule has 11 rings (SSSR count). The predicted molar refractivity (Wildman–Crippen MR) is 194 cm³/mol. The lowest BCUT2D eigenvalue weighted by atomic mass is 10.0. The van der Waals surface area contributed by atoms with Crippen LogP contribution in [0.5, 0.6) is 0 Å². The van der Waals surface area contributed by atoms with E-state index in [1.807, 2.05) is 0 Å². The fourth-order valence-corrected chi connectivity index (χ4v) is 8.12. The molecule has 0 atom stereocenters. The van der Waals surface area contributed by atoms with E-state index < -0.39 is 0 Å². The van der Waals surface area contributed by atoms with E-state index in [9.17, 15) is 0 Å². The summed E-state index contributed by atoms with van der Waals surface area (Å²) in [5.74, 6) is 0. The molecule has 7 aromatic carbocycles. The molecule has 0 fully saturated rings. The van der Waals surface area contributed by atoms with E-state index in [4.69, 9.17) is 8.83 Å². The molecule has 4 aromatic heterocycles. The Kier molecular flexibility index (Phi) is 4.75. The number of fused-ring (bicyclic) bond motifs is 12. The summed E-state index contributed by atoms with van der Waals surface area (Å²) in [4.78, 5) is 0. The molecule has 0 saturated heterocycles. The Morgan fingerprint density at radius 2 is 0.809 bits per heavy atom. The molecule has 47 heavy (non-hydrogen) atoms. The van der Waals surface area contributed by atoms with Gasteiger partial charge in [-0.2, -0.15) is 0 Å². The van der Waals surface area contributed by atoms with E-state index in [1.165, 1.54) is 21.5 Å². The molecule has 0 N–H and O–H groups in total. The first-order valence-corrected chi connectivity index (χ1v) is 16.0. The van der Waals surface area contributed by atoms with Gasteiger partial charge >= 0.3 is 0 Å². The highest BCUT2D eigenvalue weighted by Crippen LogP contribution is 2.44. The third-order valence-corrected chi connectivity index (χ3v) is 10.1. The molecular formula is C43H26N2O2. The van der Waals surface area contributed by atoms with E-state index in [2.05, 4.69) is 156 Å². The number of aryl methyl sites for hydroxylation is 1. The van der Waals surface area contributed by atoms with Gasteiger partial charge in [-0.05, 0) is 49.4 Å². The molecule has 0 radical (unpaired) electrons. The van der Waals surface area contributed by atoms with Crippen LogP contribution in [0.2, 0.25) is 0 Å². The Bertz CT molecular complexity index is 2860. The first kappa shape index (κ1) is 25.0. The summed E-state index contributed by atoms with van der Waals surface area (Å²) < 4.78 is 18.4. The summed E-state index contributed by atoms with van der Waals surface area (Å²) in [7, 11) is 0. The zero-order valence-corrected chi connectivity index (χ0v) is 25.5. The Balaban J connectivity index is 1.21. The number of nitrogens with zero attached hydrogens (tertiary/aromatic N) is 2. The van der Waals surface area contributed by atoms with Crippen LogP contribution in [0.25, 0.3) is 98.9 Å². The summed E-state index contributed by atoms with van der Waals surface area (Å²) in [5.41, 5.74) is 11.3. The maximum Gasteiger partial charge on any atom is 0.159 e. The number of hydrogen-bond acceptors (Lipinski definition) is 2. The largest absolute Gasteiger partial charge is 0.454 e. The second kappa shape index (κ2) is 8.93. The molecule has 4 heterocycles. The van der Waals surface area contributed by atoms with Crippen molar-refractivity contribution in [3.8, 4) is 11.4 Å². The summed E-state index contributed by atoms with van der Waals surface area (Å²) in [6, 6.07) is 49.5. The van der Waals surface area contributed by atoms with Gasteiger partial charge in [0.05, 0.1) is 33.4 Å². The molecule has 0 saturated carbocycles. The van der Waals surface area contributed by atoms with Crippen molar-refractivity contribution in [3.05, 3.63) is 145 Å². The zero-order chi connectivity index (χ0) is 30.8. The Hall–Kier alpha value is -6.26. The van der Waals surface area contributed by atoms with E-state index >= 15 is 0 Å². The second-order valence-corrected chi connectivity index (χ2v) is 12.5. The smallest absolute Gasteiger partial charge is 0.159 e. The van der Waals surface area contributed by atoms with Crippen molar-refractivity contribution in [2.75, 3.05) is 0 Å². The van der Waals surface area contributed by atoms with Gasteiger partial charge in [0.1, 0.15) is 11.2 Å². The highest BCUT2D eigenvalue weighted by Gasteiger charge is 2.23. The summed E-state index contributed by atoms with van der Waals surface area (Å²) >= 11 is 0. The lowest BCUT2D eigenvalue weighted by Gasteiger charge is -2.08. The summed E-state index contributed by atoms with van der Waals surface area (Å²) in [6.07, 6.45) is 0. The average Bonchev–Trinajstić information content (AvgIpc) is 3.86. The van der Waals surface area contributed by atoms with Crippen LogP contribution in [0, 0.1) is 6.92 Å². The third-order valence-electron chi connectivity index (χ3n) is 10.1. The summed E-state index contributed by atoms with van der Waals surface area (Å²) in [6.45, 7) is 2.16. The van der Waals surface area contributed by atoms with Crippen molar-refractivity contribution in [2.45, 2.75) is 6.92 Å². The van der Waals surface area contributed by atoms with Gasteiger partial charge in [-0.15, -0.1) is 0 Å². The lowest BCUT2D eigenvalue weighted by Crippen LogP contribution is -1.94. The highest BCUT2D eigenvalue weighted by molar-refractivity contribution is 6.20. The van der Waals surface area contributed by atoms with Crippen LogP contribution in [-0.4, -0.2) is 9.13 Å². The predicted octanol–water partition coefficient (Wildman–Crippen LogP) is 12.0. The molecule has 0 aliphatic rings. The first-order chi connectivity index (χ1) is 23.3. The van der Waals surface area contributed by atoms with Gasteiger partial charge in [0.2, 0.25) is 0 Å². The molecule has 0 unspecified atom stereocenters. The quantitative estimate of drug-likeness (QED) is 0.197. The van der Waals surface area contributed by atoms with Gasteiger partial charge in [0.25, 0.3) is 0 Å². The third kappa shape index (κ3) is 3.16. The standard InChI is InChI=1S/C43H26N2O2/c1-25-40-31-17-11-23-38(45-35-20-8-4-14-28(35)29-15-5-9-21-36(29)45)43(31)46-39(40)24-32-30-16-10-22-37(42(30)47-41(25)32)44-33-18-6-2-12-26(33)27-13-3-7-19-34(27)44/h2-24H,1H3. The first-order valence-electron chi connectivity index (χ1n) is 16.0. The van der Waals surface area contributed by atoms with Crippen LogP contribution in [0.4, 0.5) is 0 Å². The van der Waals surface area contributed by atoms with Crippen molar-refractivity contribution >= 4 is 87.5 Å². The Labute approximate surface area is 268 Å². The number of rotatable bonds is 2. The van der Waals surface area contributed by atoms with Gasteiger partial charge < -0.3 is 18.0 Å². The zero-order valence-electron chi connectivity index (χ0n) is 25.5. The van der Waals surface area contributed by atoms with Crippen LogP contribution < -0.4 is 0 Å². The van der Waals surface area contributed by atoms with Crippen molar-refractivity contribution in [3.63, 3.8) is 0 Å². The Morgan fingerprint density at radius 3 is 1.32 bits per heavy atom. The number of aromatic nitrogens is 2. The number of benzene rings is 7. The van der Waals surface area contributed by atoms with Crippen molar-refractivity contribution < 1.29 is 8.83 Å². The molecule has 0 aliphatic carbocycles. The number of hydrogen-bond donors (Lipinski definition) is 0. The van der Waals surface area contributed by atoms with Gasteiger partial charge in [0, 0.05) is 48.7 Å². The van der Waals surface area contributed by atoms with E-state index in [0.717, 1.165) is 82.9 Å². The van der Waals surface area contributed by atoms with Gasteiger partial charge in [0.15, 0.2) is 11.2 Å². The molecule has 0 bridgehead atoms. The molecular weight excluding hydrogens is 576 g/mol. The SMILES string of the molecule is Cc1c2oc3c(-n4c5ccccc5c5ccccc54)cccc3c2cc2oc3c(-n4c5ccccc5c5ccccc54)cccc3c12. The normalized spacial score (nSPS) is 12.4. The fourth-order valence-electron chi connectivity index (χ4n) is 8.12. The average molecular weight is 603 g/mol. The van der Waals surface area contributed by atoms with Crippen molar-refractivity contribution in [2.24, 2.45) is 0 Å². The van der Waals surface area contributed by atoms with Crippen molar-refractivity contribution in [1.29, 1.82) is 0 Å². The van der Waals surface area contributed by atoms with Gasteiger partial charge in [-0.25, -0.2) is 0 Å². The molecule has 4 heteroatoms. The highest BCUT2D eigenvalue weighted by atomic mass is 16.3. The van der Waals surface area contributed by atoms with Gasteiger partial charge in [-0.3, -0.25) is 0 Å². The molecule has 0 aliphatic heterocycles. The minimum absolute atomic E-state index is 0.864. The van der Waals surface area contributed by atoms with E-state index in [-0.39, 0.29) is 0 Å².